The van der Waals surface area contributed by atoms with E-state index in [1.165, 1.54) is 26.3 Å². The van der Waals surface area contributed by atoms with Gasteiger partial charge >= 0.3 is 6.18 Å². The van der Waals surface area contributed by atoms with Crippen LogP contribution >= 0.6 is 0 Å². The fraction of sp³-hybridized carbons (Fsp3) is 0.333. The Hall–Kier alpha value is -4.93. The summed E-state index contributed by atoms with van der Waals surface area (Å²) >= 11 is 0. The Morgan fingerprint density at radius 1 is 1.09 bits per heavy atom. The summed E-state index contributed by atoms with van der Waals surface area (Å²) in [6.45, 7) is -0.323. The van der Waals surface area contributed by atoms with E-state index in [1.54, 1.807) is 0 Å². The molecule has 2 amide bonds. The molecule has 2 aromatic heterocycles. The van der Waals surface area contributed by atoms with Crippen molar-refractivity contribution >= 4 is 22.7 Å². The van der Waals surface area contributed by atoms with E-state index in [0.717, 1.165) is 10.7 Å². The minimum absolute atomic E-state index is 0.0178. The van der Waals surface area contributed by atoms with Crippen LogP contribution < -0.4 is 20.5 Å². The summed E-state index contributed by atoms with van der Waals surface area (Å²) < 4.78 is 113. The second-order valence-electron chi connectivity index (χ2n) is 10.8. The van der Waals surface area contributed by atoms with Crippen LogP contribution in [0.2, 0.25) is 0 Å². The number of halogens is 7. The number of carbonyl (C=O) groups excluding carboxylic acids is 2. The smallest absolute Gasteiger partial charge is 0.424 e. The van der Waals surface area contributed by atoms with Gasteiger partial charge in [-0.1, -0.05) is 0 Å². The molecule has 0 bridgehead atoms. The summed E-state index contributed by atoms with van der Waals surface area (Å²) in [5, 5.41) is 17.5. The molecule has 1 fully saturated rings. The number of ether oxygens (including phenoxy) is 2. The highest BCUT2D eigenvalue weighted by Crippen LogP contribution is 2.46. The van der Waals surface area contributed by atoms with Gasteiger partial charge in [-0.2, -0.15) is 18.3 Å². The van der Waals surface area contributed by atoms with Crippen LogP contribution in [-0.2, 0) is 22.6 Å². The maximum absolute atomic E-state index is 14.9. The van der Waals surface area contributed by atoms with Crippen LogP contribution in [0.4, 0.5) is 30.7 Å². The topological polar surface area (TPSA) is 142 Å². The van der Waals surface area contributed by atoms with Crippen molar-refractivity contribution in [3.05, 3.63) is 70.8 Å². The summed E-state index contributed by atoms with van der Waals surface area (Å²) in [7, 11) is 1.24. The standard InChI is InChI=1S/C30H26F7N5O5/c1-3-47-26-14(9-23(38)43)8-22(40-25(26)17-10-19(32)20(33)11-18(17)31)29(45,30(35,36)37)13-39-27(44)15-6-16-12-42(28(34)4-5-28)41-24(16)21(7-15)46-2/h6-8,10-12,45H,3-5,9,13H2,1-2H3,(H2,38,43)(H,39,44)/t29-/m0/s1. The first-order chi connectivity index (χ1) is 22.0. The van der Waals surface area contributed by atoms with Gasteiger partial charge < -0.3 is 25.6 Å². The number of nitrogens with two attached hydrogens (primary N) is 1. The van der Waals surface area contributed by atoms with E-state index >= 15 is 0 Å². The van der Waals surface area contributed by atoms with Gasteiger partial charge in [0.05, 0.1) is 32.4 Å². The van der Waals surface area contributed by atoms with Crippen LogP contribution in [0.3, 0.4) is 0 Å². The van der Waals surface area contributed by atoms with Crippen molar-refractivity contribution in [1.29, 1.82) is 0 Å². The van der Waals surface area contributed by atoms with Crippen molar-refractivity contribution in [3.8, 4) is 22.8 Å². The van der Waals surface area contributed by atoms with Gasteiger partial charge in [0, 0.05) is 47.2 Å². The van der Waals surface area contributed by atoms with Crippen molar-refractivity contribution in [2.45, 2.75) is 43.8 Å². The number of alkyl halides is 4. The Morgan fingerprint density at radius 3 is 2.36 bits per heavy atom. The lowest BCUT2D eigenvalue weighted by atomic mass is 9.93. The van der Waals surface area contributed by atoms with Crippen LogP contribution in [0.25, 0.3) is 22.2 Å². The lowest BCUT2D eigenvalue weighted by molar-refractivity contribution is -0.265. The number of benzene rings is 2. The summed E-state index contributed by atoms with van der Waals surface area (Å²) in [6.07, 6.45) is -4.61. The van der Waals surface area contributed by atoms with Crippen molar-refractivity contribution in [2.75, 3.05) is 20.3 Å². The third-order valence-electron chi connectivity index (χ3n) is 7.49. The molecule has 2 aromatic carbocycles. The average Bonchev–Trinajstić information content (AvgIpc) is 3.59. The minimum atomic E-state index is -5.57. The molecule has 10 nitrogen and oxygen atoms in total. The van der Waals surface area contributed by atoms with Gasteiger partial charge in [0.1, 0.15) is 28.5 Å². The molecular weight excluding hydrogens is 643 g/mol. The van der Waals surface area contributed by atoms with Gasteiger partial charge in [-0.05, 0) is 31.2 Å². The van der Waals surface area contributed by atoms with Gasteiger partial charge in [0.15, 0.2) is 11.6 Å². The molecule has 1 aliphatic carbocycles. The zero-order valence-corrected chi connectivity index (χ0v) is 24.6. The Labute approximate surface area is 261 Å². The number of aromatic nitrogens is 3. The Bertz CT molecular complexity index is 1890. The van der Waals surface area contributed by atoms with Crippen LogP contribution in [0.5, 0.6) is 11.5 Å². The number of primary amides is 1. The summed E-state index contributed by atoms with van der Waals surface area (Å²) in [4.78, 5) is 28.8. The molecule has 4 aromatic rings. The van der Waals surface area contributed by atoms with E-state index in [9.17, 15) is 45.4 Å². The molecule has 0 aliphatic heterocycles. The molecule has 0 radical (unpaired) electrons. The van der Waals surface area contributed by atoms with E-state index in [4.69, 9.17) is 15.2 Å². The molecule has 0 unspecified atom stereocenters. The number of nitrogens with one attached hydrogen (secondary N) is 1. The molecule has 4 N–H and O–H groups in total. The molecule has 2 heterocycles. The highest BCUT2D eigenvalue weighted by Gasteiger charge is 2.57. The number of pyridine rings is 1. The fourth-order valence-electron chi connectivity index (χ4n) is 4.88. The first-order valence-electron chi connectivity index (χ1n) is 14.0. The average molecular weight is 670 g/mol. The van der Waals surface area contributed by atoms with E-state index in [1.807, 2.05) is 5.32 Å². The number of amides is 2. The molecule has 1 atom stereocenters. The van der Waals surface area contributed by atoms with Crippen LogP contribution in [-0.4, -0.2) is 58.1 Å². The van der Waals surface area contributed by atoms with E-state index in [2.05, 4.69) is 10.1 Å². The fourth-order valence-corrected chi connectivity index (χ4v) is 4.88. The second-order valence-corrected chi connectivity index (χ2v) is 10.8. The zero-order valence-electron chi connectivity index (χ0n) is 24.6. The number of methoxy groups -OCH3 is 1. The number of hydrogen-bond acceptors (Lipinski definition) is 7. The van der Waals surface area contributed by atoms with Crippen molar-refractivity contribution in [1.82, 2.24) is 20.1 Å². The highest BCUT2D eigenvalue weighted by molar-refractivity contribution is 6.00. The predicted molar refractivity (Wildman–Crippen MR) is 151 cm³/mol. The normalized spacial score (nSPS) is 15.3. The summed E-state index contributed by atoms with van der Waals surface area (Å²) in [6, 6.07) is 3.47. The molecule has 17 heteroatoms. The number of fused-ring (bicyclic) bond motifs is 1. The van der Waals surface area contributed by atoms with E-state index in [0.29, 0.717) is 12.1 Å². The number of carbonyl (C=O) groups is 2. The maximum Gasteiger partial charge on any atom is 0.424 e. The molecule has 5 rings (SSSR count). The predicted octanol–water partition coefficient (Wildman–Crippen LogP) is 4.55. The highest BCUT2D eigenvalue weighted by atomic mass is 19.4. The van der Waals surface area contributed by atoms with E-state index < -0.39 is 88.1 Å². The SMILES string of the molecule is CCOc1c(CC(N)=O)cc([C@@](O)(CNC(=O)c2cc(OC)c3nn(C4(F)CC4)cc3c2)C(F)(F)F)nc1-c1cc(F)c(F)cc1F. The van der Waals surface area contributed by atoms with Gasteiger partial charge in [-0.3, -0.25) is 9.59 Å². The molecule has 0 spiro atoms. The summed E-state index contributed by atoms with van der Waals surface area (Å²) in [5.74, 6) is -8.99. The molecular formula is C30H26F7N5O5. The number of aliphatic hydroxyl groups is 1. The van der Waals surface area contributed by atoms with Crippen molar-refractivity contribution in [2.24, 2.45) is 5.73 Å². The Balaban J connectivity index is 1.58. The molecule has 1 aliphatic rings. The maximum atomic E-state index is 14.9. The van der Waals surface area contributed by atoms with E-state index in [-0.39, 0.29) is 47.7 Å². The first-order valence-corrected chi connectivity index (χ1v) is 14.0. The van der Waals surface area contributed by atoms with Crippen molar-refractivity contribution in [3.63, 3.8) is 0 Å². The van der Waals surface area contributed by atoms with Gasteiger partial charge in [-0.15, -0.1) is 0 Å². The number of nitrogens with zero attached hydrogens (tertiary/aromatic N) is 3. The monoisotopic (exact) mass is 669 g/mol. The number of hydrogen-bond donors (Lipinski definition) is 3. The zero-order chi connectivity index (χ0) is 34.5. The minimum Gasteiger partial charge on any atom is -0.494 e. The Kier molecular flexibility index (Phi) is 8.55. The third kappa shape index (κ3) is 6.26. The first kappa shape index (κ1) is 33.4. The lowest BCUT2D eigenvalue weighted by Crippen LogP contribution is -2.51. The van der Waals surface area contributed by atoms with Gasteiger partial charge in [0.2, 0.25) is 17.3 Å². The number of rotatable bonds is 11. The van der Waals surface area contributed by atoms with Crippen LogP contribution in [0.15, 0.2) is 36.5 Å². The quantitative estimate of drug-likeness (QED) is 0.157. The van der Waals surface area contributed by atoms with Crippen LogP contribution in [0.1, 0.15) is 41.4 Å². The van der Waals surface area contributed by atoms with Crippen molar-refractivity contribution < 1.29 is 54.9 Å². The third-order valence-corrected chi connectivity index (χ3v) is 7.49. The molecule has 1 saturated carbocycles. The van der Waals surface area contributed by atoms with Gasteiger partial charge in [0.25, 0.3) is 5.91 Å². The Morgan fingerprint density at radius 2 is 1.77 bits per heavy atom. The molecule has 250 valence electrons. The second kappa shape index (κ2) is 12.0. The molecule has 47 heavy (non-hydrogen) atoms. The molecule has 0 saturated heterocycles. The largest absolute Gasteiger partial charge is 0.494 e. The summed E-state index contributed by atoms with van der Waals surface area (Å²) in [5.41, 5.74) is -2.08. The van der Waals surface area contributed by atoms with Crippen LogP contribution in [0, 0.1) is 17.5 Å². The lowest BCUT2D eigenvalue weighted by Gasteiger charge is -2.31. The van der Waals surface area contributed by atoms with Gasteiger partial charge in [-0.25, -0.2) is 27.2 Å².